The number of nitrogens with one attached hydrogen (secondary N) is 10. The molecule has 10 amide bonds. The minimum absolute atomic E-state index is 0.0163. The Kier molecular flexibility index (Phi) is 28.7. The molecule has 1 heterocycles. The number of aliphatic hydroxyl groups excluding tert-OH is 1. The van der Waals surface area contributed by atoms with Crippen molar-refractivity contribution >= 4 is 59.1 Å². The van der Waals surface area contributed by atoms with E-state index in [0.717, 1.165) is 6.42 Å². The number of rotatable bonds is 32. The van der Waals surface area contributed by atoms with E-state index in [-0.39, 0.29) is 79.7 Å². The predicted molar refractivity (Wildman–Crippen MR) is 301 cm³/mol. The van der Waals surface area contributed by atoms with Gasteiger partial charge in [-0.1, -0.05) is 88.7 Å². The van der Waals surface area contributed by atoms with Gasteiger partial charge in [-0.3, -0.25) is 47.9 Å². The van der Waals surface area contributed by atoms with Crippen LogP contribution < -0.4 is 53.2 Å². The Bertz CT molecular complexity index is 2090. The molecule has 1 aliphatic rings. The number of nitrogens with zero attached hydrogens (tertiary/aromatic N) is 1. The van der Waals surface area contributed by atoms with Gasteiger partial charge in [0.15, 0.2) is 0 Å². The standard InChI is InChI=1S/C56H101N11O11/c1-20-35(10)21-22-43(69)67-30-36(11)28-41(67)49(74)61-38(25-31(2)3)47(72)63-44(45(70)34(8)9)50(75)65-55(15,16)52(77)62-39(26-32(4)5)46(71)60-40(27-33(6)7)48(73)64-56(17,18)53(78)66-54(13,14)51(76)58-24-23-42(68)59-37(12)29-57-19/h21-22,31-41,44-45,57,70H,20,23-30H2,1-19H3,(H,58,76)(H,59,68)(H,60,71)(H,61,74)(H,62,77)(H,63,72)(H,64,73)(H,65,75)(H,66,78)/b22-21+/t35-,36-,37-,38-,39-,40-,41-,44-,45+/m0/s1. The topological polar surface area (TPSA) is 314 Å². The molecule has 1 saturated heterocycles. The summed E-state index contributed by atoms with van der Waals surface area (Å²) in [5, 5.41) is 38.8. The first kappa shape index (κ1) is 70.4. The Labute approximate surface area is 465 Å². The van der Waals surface area contributed by atoms with E-state index in [0.29, 0.717) is 19.5 Å². The van der Waals surface area contributed by atoms with Gasteiger partial charge in [-0.05, 0) is 123 Å². The zero-order chi connectivity index (χ0) is 60.2. The summed E-state index contributed by atoms with van der Waals surface area (Å²) in [6, 6.07) is -6.12. The smallest absolute Gasteiger partial charge is 0.246 e. The van der Waals surface area contributed by atoms with Crippen LogP contribution in [0.3, 0.4) is 0 Å². The number of carbonyl (C=O) groups excluding carboxylic acids is 10. The van der Waals surface area contributed by atoms with Crippen LogP contribution in [0.5, 0.6) is 0 Å². The molecule has 9 atom stereocenters. The first-order chi connectivity index (χ1) is 35.9. The molecule has 0 spiro atoms. The summed E-state index contributed by atoms with van der Waals surface area (Å²) >= 11 is 0. The van der Waals surface area contributed by atoms with Crippen LogP contribution in [-0.4, -0.2) is 155 Å². The Morgan fingerprint density at radius 3 is 1.62 bits per heavy atom. The summed E-state index contributed by atoms with van der Waals surface area (Å²) in [5.74, 6) is -7.01. The van der Waals surface area contributed by atoms with Crippen molar-refractivity contribution in [1.29, 1.82) is 0 Å². The van der Waals surface area contributed by atoms with Gasteiger partial charge < -0.3 is 63.2 Å². The van der Waals surface area contributed by atoms with E-state index in [2.05, 4.69) is 53.2 Å². The monoisotopic (exact) mass is 1100 g/mol. The molecular formula is C56H101N11O11. The fourth-order valence-electron chi connectivity index (χ4n) is 8.55. The van der Waals surface area contributed by atoms with E-state index in [1.165, 1.54) is 52.5 Å². The molecule has 0 radical (unpaired) electrons. The second kappa shape index (κ2) is 31.8. The lowest BCUT2D eigenvalue weighted by Gasteiger charge is -2.34. The summed E-state index contributed by atoms with van der Waals surface area (Å²) in [7, 11) is 1.77. The summed E-state index contributed by atoms with van der Waals surface area (Å²) < 4.78 is 0. The highest BCUT2D eigenvalue weighted by molar-refractivity contribution is 6.00. The van der Waals surface area contributed by atoms with E-state index in [4.69, 9.17) is 0 Å². The molecule has 78 heavy (non-hydrogen) atoms. The van der Waals surface area contributed by atoms with Crippen LogP contribution in [0.25, 0.3) is 0 Å². The second-order valence-electron chi connectivity index (χ2n) is 24.7. The van der Waals surface area contributed by atoms with Crippen LogP contribution in [0.4, 0.5) is 0 Å². The molecule has 1 aliphatic heterocycles. The molecule has 0 aromatic rings. The quantitative estimate of drug-likeness (QED) is 0.0430. The maximum atomic E-state index is 14.2. The molecule has 0 bridgehead atoms. The highest BCUT2D eigenvalue weighted by Crippen LogP contribution is 2.25. The number of likely N-dealkylation sites (tertiary alicyclic amines) is 1. The molecule has 1 rings (SSSR count). The van der Waals surface area contributed by atoms with Crippen molar-refractivity contribution in [1.82, 2.24) is 58.1 Å². The maximum Gasteiger partial charge on any atom is 0.246 e. The van der Waals surface area contributed by atoms with Gasteiger partial charge in [0.05, 0.1) is 6.10 Å². The third-order valence-corrected chi connectivity index (χ3v) is 13.5. The number of carbonyl (C=O) groups is 10. The van der Waals surface area contributed by atoms with E-state index < -0.39 is 106 Å². The van der Waals surface area contributed by atoms with Crippen molar-refractivity contribution in [2.24, 2.45) is 35.5 Å². The fraction of sp³-hybridized carbons (Fsp3) is 0.786. The fourth-order valence-corrected chi connectivity index (χ4v) is 8.55. The highest BCUT2D eigenvalue weighted by atomic mass is 16.3. The molecular weight excluding hydrogens is 1000 g/mol. The number of hydrogen-bond acceptors (Lipinski definition) is 12. The van der Waals surface area contributed by atoms with Gasteiger partial charge in [0.2, 0.25) is 59.1 Å². The largest absolute Gasteiger partial charge is 0.390 e. The SMILES string of the molecule is CC[C@H](C)/C=C/C(=O)N1C[C@@H](C)C[C@H]1C(=O)N[C@@H](CC(C)C)C(=O)N[C@H](C(=O)NC(C)(C)C(=O)N[C@@H](CC(C)C)C(=O)N[C@@H](CC(C)C)C(=O)NC(C)(C)C(=O)NC(C)(C)C(=O)NCCC(=O)N[C@@H](C)CNC)[C@H](O)C(C)C. The molecule has 22 heteroatoms. The lowest BCUT2D eigenvalue weighted by Crippen LogP contribution is -2.66. The highest BCUT2D eigenvalue weighted by Gasteiger charge is 2.43. The number of aliphatic hydroxyl groups is 1. The number of allylic oxidation sites excluding steroid dienone is 1. The van der Waals surface area contributed by atoms with Crippen LogP contribution in [-0.2, 0) is 47.9 Å². The first-order valence-electron chi connectivity index (χ1n) is 28.0. The van der Waals surface area contributed by atoms with E-state index in [1.807, 2.05) is 75.3 Å². The average molecular weight is 1100 g/mol. The average Bonchev–Trinajstić information content (AvgIpc) is 3.71. The number of hydrogen-bond donors (Lipinski definition) is 11. The molecule has 11 N–H and O–H groups in total. The molecule has 0 aromatic heterocycles. The molecule has 0 aliphatic carbocycles. The maximum absolute atomic E-state index is 14.2. The van der Waals surface area contributed by atoms with Crippen molar-refractivity contribution in [2.75, 3.05) is 26.7 Å². The molecule has 0 saturated carbocycles. The predicted octanol–water partition coefficient (Wildman–Crippen LogP) is 1.83. The Hall–Kier alpha value is -5.64. The van der Waals surface area contributed by atoms with Crippen LogP contribution in [0.1, 0.15) is 163 Å². The second-order valence-corrected chi connectivity index (χ2v) is 24.7. The van der Waals surface area contributed by atoms with Gasteiger partial charge in [0, 0.05) is 32.1 Å². The molecule has 22 nitrogen and oxygen atoms in total. The lowest BCUT2D eigenvalue weighted by molar-refractivity contribution is -0.140. The minimum atomic E-state index is -1.76. The van der Waals surface area contributed by atoms with Crippen LogP contribution in [0, 0.1) is 35.5 Å². The normalized spacial score (nSPS) is 17.8. The first-order valence-corrected chi connectivity index (χ1v) is 28.0. The molecule has 446 valence electrons. The molecule has 0 unspecified atom stereocenters. The third-order valence-electron chi connectivity index (χ3n) is 13.5. The van der Waals surface area contributed by atoms with Gasteiger partial charge in [-0.15, -0.1) is 0 Å². The molecule has 1 fully saturated rings. The van der Waals surface area contributed by atoms with Gasteiger partial charge in [-0.2, -0.15) is 0 Å². The van der Waals surface area contributed by atoms with E-state index >= 15 is 0 Å². The summed E-state index contributed by atoms with van der Waals surface area (Å²) in [5.41, 5.74) is -4.81. The Morgan fingerprint density at radius 1 is 0.615 bits per heavy atom. The lowest BCUT2D eigenvalue weighted by atomic mass is 9.95. The van der Waals surface area contributed by atoms with Gasteiger partial charge >= 0.3 is 0 Å². The van der Waals surface area contributed by atoms with E-state index in [1.54, 1.807) is 20.9 Å². The van der Waals surface area contributed by atoms with Crippen molar-refractivity contribution in [2.45, 2.75) is 222 Å². The third kappa shape index (κ3) is 23.8. The number of amides is 10. The number of likely N-dealkylation sites (N-methyl/N-ethyl adjacent to an activating group) is 1. The van der Waals surface area contributed by atoms with Crippen molar-refractivity contribution in [3.63, 3.8) is 0 Å². The van der Waals surface area contributed by atoms with Crippen molar-refractivity contribution < 1.29 is 53.1 Å². The van der Waals surface area contributed by atoms with Crippen LogP contribution in [0.2, 0.25) is 0 Å². The van der Waals surface area contributed by atoms with E-state index in [9.17, 15) is 53.1 Å². The van der Waals surface area contributed by atoms with Crippen LogP contribution >= 0.6 is 0 Å². The summed E-state index contributed by atoms with van der Waals surface area (Å²) in [6.45, 7) is 31.7. The van der Waals surface area contributed by atoms with Gasteiger partial charge in [0.25, 0.3) is 0 Å². The molecule has 0 aromatic carbocycles. The van der Waals surface area contributed by atoms with Gasteiger partial charge in [0.1, 0.15) is 46.8 Å². The zero-order valence-electron chi connectivity index (χ0n) is 50.5. The summed E-state index contributed by atoms with van der Waals surface area (Å²) in [6.07, 6.45) is 3.48. The Balaban J connectivity index is 3.29. The van der Waals surface area contributed by atoms with Crippen molar-refractivity contribution in [3.8, 4) is 0 Å². The Morgan fingerprint density at radius 2 is 1.10 bits per heavy atom. The van der Waals surface area contributed by atoms with Gasteiger partial charge in [-0.25, -0.2) is 0 Å². The minimum Gasteiger partial charge on any atom is -0.390 e. The van der Waals surface area contributed by atoms with Crippen molar-refractivity contribution in [3.05, 3.63) is 12.2 Å². The summed E-state index contributed by atoms with van der Waals surface area (Å²) in [4.78, 5) is 138. The van der Waals surface area contributed by atoms with Crippen LogP contribution in [0.15, 0.2) is 12.2 Å². The zero-order valence-corrected chi connectivity index (χ0v) is 50.5.